The zero-order valence-electron chi connectivity index (χ0n) is 15.1. The maximum atomic E-state index is 2.61. The fourth-order valence-electron chi connectivity index (χ4n) is 6.86. The van der Waals surface area contributed by atoms with Crippen LogP contribution in [0.5, 0.6) is 0 Å². The van der Waals surface area contributed by atoms with Gasteiger partial charge in [-0.05, 0) is 98.7 Å². The first kappa shape index (κ1) is 15.5. The third-order valence-electron chi connectivity index (χ3n) is 8.25. The average Bonchev–Trinajstić information content (AvgIpc) is 3.22. The molecule has 0 radical (unpaired) electrons. The fourth-order valence-corrected chi connectivity index (χ4v) is 6.86. The molecule has 0 aromatic heterocycles. The highest BCUT2D eigenvalue weighted by atomic mass is 14.5. The van der Waals surface area contributed by atoms with E-state index in [0.717, 1.165) is 47.3 Å². The smallest absolute Gasteiger partial charge is 0.0381 e. The molecular formula is C22H38. The second-order valence-corrected chi connectivity index (χ2v) is 10.0. The second-order valence-electron chi connectivity index (χ2n) is 10.0. The molecule has 4 fully saturated rings. The predicted octanol–water partition coefficient (Wildman–Crippen LogP) is 6.69. The molecule has 6 atom stereocenters. The molecular weight excluding hydrogens is 264 g/mol. The fraction of sp³-hybridized carbons (Fsp3) is 1.00. The third-order valence-corrected chi connectivity index (χ3v) is 8.25. The summed E-state index contributed by atoms with van der Waals surface area (Å²) in [5.41, 5.74) is 0. The first-order chi connectivity index (χ1) is 10.7. The van der Waals surface area contributed by atoms with Gasteiger partial charge in [-0.2, -0.15) is 0 Å². The van der Waals surface area contributed by atoms with Crippen LogP contribution in [0, 0.1) is 47.3 Å². The molecule has 0 saturated heterocycles. The molecule has 4 aliphatic carbocycles. The van der Waals surface area contributed by atoms with Crippen LogP contribution in [0.2, 0.25) is 0 Å². The minimum absolute atomic E-state index is 1.02. The SMILES string of the molecule is CC(CC1CC2CC(C3CCCC3)C[C@H](C)C(C1)C2)C1CC1. The summed E-state index contributed by atoms with van der Waals surface area (Å²) < 4.78 is 0. The molecule has 0 nitrogen and oxygen atoms in total. The highest BCUT2D eigenvalue weighted by Gasteiger charge is 2.40. The molecule has 2 bridgehead atoms. The summed E-state index contributed by atoms with van der Waals surface area (Å²) in [4.78, 5) is 0. The summed E-state index contributed by atoms with van der Waals surface area (Å²) in [6.45, 7) is 5.17. The molecule has 22 heavy (non-hydrogen) atoms. The van der Waals surface area contributed by atoms with Crippen LogP contribution in [0.1, 0.15) is 90.9 Å². The van der Waals surface area contributed by atoms with Crippen molar-refractivity contribution in [1.82, 2.24) is 0 Å². The lowest BCUT2D eigenvalue weighted by atomic mass is 9.69. The van der Waals surface area contributed by atoms with Gasteiger partial charge >= 0.3 is 0 Å². The van der Waals surface area contributed by atoms with Crippen LogP contribution >= 0.6 is 0 Å². The zero-order chi connectivity index (χ0) is 15.1. The Morgan fingerprint density at radius 2 is 1.50 bits per heavy atom. The Morgan fingerprint density at radius 3 is 2.23 bits per heavy atom. The minimum Gasteiger partial charge on any atom is -0.0622 e. The van der Waals surface area contributed by atoms with Crippen molar-refractivity contribution < 1.29 is 0 Å². The highest BCUT2D eigenvalue weighted by molar-refractivity contribution is 4.91. The minimum atomic E-state index is 1.02. The monoisotopic (exact) mass is 302 g/mol. The van der Waals surface area contributed by atoms with Crippen LogP contribution in [0.4, 0.5) is 0 Å². The predicted molar refractivity (Wildman–Crippen MR) is 94.7 cm³/mol. The normalized spacial score (nSPS) is 44.7. The molecule has 0 amide bonds. The summed E-state index contributed by atoms with van der Waals surface area (Å²) >= 11 is 0. The summed E-state index contributed by atoms with van der Waals surface area (Å²) in [6.07, 6.45) is 18.8. The van der Waals surface area contributed by atoms with Crippen LogP contribution in [-0.4, -0.2) is 0 Å². The Kier molecular flexibility index (Phi) is 4.57. The van der Waals surface area contributed by atoms with E-state index in [-0.39, 0.29) is 0 Å². The van der Waals surface area contributed by atoms with Crippen LogP contribution in [0.3, 0.4) is 0 Å². The quantitative estimate of drug-likeness (QED) is 0.542. The average molecular weight is 303 g/mol. The van der Waals surface area contributed by atoms with Gasteiger partial charge in [-0.15, -0.1) is 0 Å². The van der Waals surface area contributed by atoms with Crippen molar-refractivity contribution >= 4 is 0 Å². The van der Waals surface area contributed by atoms with Crippen LogP contribution < -0.4 is 0 Å². The van der Waals surface area contributed by atoms with E-state index in [1.807, 2.05) is 0 Å². The molecule has 4 saturated carbocycles. The van der Waals surface area contributed by atoms with Crippen LogP contribution in [0.15, 0.2) is 0 Å². The lowest BCUT2D eigenvalue weighted by molar-refractivity contribution is 0.144. The van der Waals surface area contributed by atoms with Gasteiger partial charge in [-0.1, -0.05) is 39.5 Å². The van der Waals surface area contributed by atoms with Gasteiger partial charge in [0.25, 0.3) is 0 Å². The van der Waals surface area contributed by atoms with Crippen LogP contribution in [-0.2, 0) is 0 Å². The van der Waals surface area contributed by atoms with E-state index in [9.17, 15) is 0 Å². The maximum Gasteiger partial charge on any atom is -0.0381 e. The molecule has 0 aliphatic heterocycles. The molecule has 126 valence electrons. The first-order valence-corrected chi connectivity index (χ1v) is 10.7. The lowest BCUT2D eigenvalue weighted by Gasteiger charge is -2.36. The molecule has 0 spiro atoms. The summed E-state index contributed by atoms with van der Waals surface area (Å²) in [5.74, 6) is 8.67. The molecule has 0 N–H and O–H groups in total. The van der Waals surface area contributed by atoms with E-state index < -0.39 is 0 Å². The van der Waals surface area contributed by atoms with Crippen molar-refractivity contribution in [3.05, 3.63) is 0 Å². The highest BCUT2D eigenvalue weighted by Crippen LogP contribution is 2.51. The first-order valence-electron chi connectivity index (χ1n) is 10.7. The third kappa shape index (κ3) is 3.41. The van der Waals surface area contributed by atoms with Gasteiger partial charge in [0.2, 0.25) is 0 Å². The standard InChI is InChI=1S/C22H38/c1-15(19-7-8-19)9-17-11-18-13-21(12-17)16(2)10-22(14-18)20-5-3-4-6-20/h15-22H,3-14H2,1-2H3/t15?,16-,17?,18?,21?,22?/m0/s1. The largest absolute Gasteiger partial charge is 0.0622 e. The zero-order valence-corrected chi connectivity index (χ0v) is 15.1. The van der Waals surface area contributed by atoms with E-state index in [2.05, 4.69) is 13.8 Å². The molecule has 0 aromatic rings. The van der Waals surface area contributed by atoms with Gasteiger partial charge < -0.3 is 0 Å². The van der Waals surface area contributed by atoms with Crippen molar-refractivity contribution in [2.24, 2.45) is 47.3 Å². The van der Waals surface area contributed by atoms with Gasteiger partial charge in [0, 0.05) is 0 Å². The number of fused-ring (bicyclic) bond motifs is 2. The second kappa shape index (κ2) is 6.48. The number of rotatable bonds is 4. The van der Waals surface area contributed by atoms with Gasteiger partial charge in [-0.3, -0.25) is 0 Å². The van der Waals surface area contributed by atoms with E-state index in [0.29, 0.717) is 0 Å². The van der Waals surface area contributed by atoms with Crippen molar-refractivity contribution in [3.63, 3.8) is 0 Å². The Labute approximate surface area is 138 Å². The topological polar surface area (TPSA) is 0 Å². The molecule has 0 heterocycles. The van der Waals surface area contributed by atoms with Gasteiger partial charge in [0.1, 0.15) is 0 Å². The summed E-state index contributed by atoms with van der Waals surface area (Å²) in [5, 5.41) is 0. The van der Waals surface area contributed by atoms with Gasteiger partial charge in [0.15, 0.2) is 0 Å². The van der Waals surface area contributed by atoms with Crippen molar-refractivity contribution in [1.29, 1.82) is 0 Å². The van der Waals surface area contributed by atoms with E-state index in [1.54, 1.807) is 64.2 Å². The van der Waals surface area contributed by atoms with Crippen molar-refractivity contribution in [2.75, 3.05) is 0 Å². The van der Waals surface area contributed by atoms with E-state index >= 15 is 0 Å². The van der Waals surface area contributed by atoms with Gasteiger partial charge in [0.05, 0.1) is 0 Å². The molecule has 5 unspecified atom stereocenters. The Morgan fingerprint density at radius 1 is 0.773 bits per heavy atom. The summed E-state index contributed by atoms with van der Waals surface area (Å²) in [6, 6.07) is 0. The Bertz CT molecular complexity index is 362. The number of hydrogen-bond acceptors (Lipinski definition) is 0. The summed E-state index contributed by atoms with van der Waals surface area (Å²) in [7, 11) is 0. The molecule has 0 aromatic carbocycles. The molecule has 4 aliphatic rings. The molecule has 4 rings (SSSR count). The molecule has 0 heteroatoms. The Hall–Kier alpha value is 0. The maximum absolute atomic E-state index is 2.61. The lowest BCUT2D eigenvalue weighted by Crippen LogP contribution is -2.26. The van der Waals surface area contributed by atoms with Crippen molar-refractivity contribution in [2.45, 2.75) is 90.9 Å². The van der Waals surface area contributed by atoms with E-state index in [1.165, 1.54) is 12.8 Å². The van der Waals surface area contributed by atoms with Crippen LogP contribution in [0.25, 0.3) is 0 Å². The van der Waals surface area contributed by atoms with Crippen molar-refractivity contribution in [3.8, 4) is 0 Å². The van der Waals surface area contributed by atoms with E-state index in [4.69, 9.17) is 0 Å². The number of hydrogen-bond donors (Lipinski definition) is 0. The van der Waals surface area contributed by atoms with Gasteiger partial charge in [-0.25, -0.2) is 0 Å². The Balaban J connectivity index is 1.39.